The second-order valence-electron chi connectivity index (χ2n) is 5.48. The molecule has 0 atom stereocenters. The predicted molar refractivity (Wildman–Crippen MR) is 94.5 cm³/mol. The number of aromatic nitrogens is 2. The molecule has 0 bridgehead atoms. The summed E-state index contributed by atoms with van der Waals surface area (Å²) < 4.78 is 12.6. The first-order chi connectivity index (χ1) is 11.3. The number of hydrogen-bond donors (Lipinski definition) is 0. The van der Waals surface area contributed by atoms with Gasteiger partial charge in [0.05, 0.1) is 17.3 Å². The van der Waals surface area contributed by atoms with E-state index in [-0.39, 0.29) is 5.97 Å². The maximum Gasteiger partial charge on any atom is 0.333 e. The lowest BCUT2D eigenvalue weighted by Crippen LogP contribution is -2.04. The number of hydrogen-bond acceptors (Lipinski definition) is 4. The van der Waals surface area contributed by atoms with Crippen molar-refractivity contribution in [2.24, 2.45) is 7.05 Å². The van der Waals surface area contributed by atoms with E-state index in [0.29, 0.717) is 28.8 Å². The first kappa shape index (κ1) is 18.1. The minimum Gasteiger partial charge on any atom is -0.463 e. The third-order valence-corrected chi connectivity index (χ3v) is 3.91. The van der Waals surface area contributed by atoms with Crippen molar-refractivity contribution in [2.45, 2.75) is 27.7 Å². The van der Waals surface area contributed by atoms with Gasteiger partial charge in [0, 0.05) is 18.2 Å². The lowest BCUT2D eigenvalue weighted by molar-refractivity contribution is -0.138. The molecular weight excluding hydrogens is 328 g/mol. The number of ether oxygens (including phenoxy) is 2. The average molecular weight is 349 g/mol. The van der Waals surface area contributed by atoms with Gasteiger partial charge in [-0.05, 0) is 51.5 Å². The molecule has 2 rings (SSSR count). The van der Waals surface area contributed by atoms with E-state index in [1.165, 1.54) is 0 Å². The van der Waals surface area contributed by atoms with Gasteiger partial charge >= 0.3 is 5.97 Å². The molecule has 0 saturated heterocycles. The SMILES string of the molecule is CCOC(=O)/C(C)=C/c1ccc(Cl)c(Oc2c(C)c(C)nn2C)c1. The molecule has 0 aliphatic heterocycles. The fraction of sp³-hybridized carbons (Fsp3) is 0.333. The molecule has 0 spiro atoms. The van der Waals surface area contributed by atoms with Gasteiger partial charge in [-0.2, -0.15) is 5.10 Å². The lowest BCUT2D eigenvalue weighted by atomic mass is 10.1. The summed E-state index contributed by atoms with van der Waals surface area (Å²) in [5.74, 6) is 0.804. The van der Waals surface area contributed by atoms with E-state index in [9.17, 15) is 4.79 Å². The molecule has 0 aliphatic rings. The Labute approximate surface area is 146 Å². The molecule has 1 aromatic carbocycles. The summed E-state index contributed by atoms with van der Waals surface area (Å²) in [6.45, 7) is 7.70. The van der Waals surface area contributed by atoms with Crippen LogP contribution in [-0.4, -0.2) is 22.4 Å². The molecule has 128 valence electrons. The van der Waals surface area contributed by atoms with Crippen LogP contribution < -0.4 is 4.74 Å². The number of carbonyl (C=O) groups excluding carboxylic acids is 1. The second kappa shape index (κ2) is 7.53. The molecule has 0 aliphatic carbocycles. The zero-order valence-corrected chi connectivity index (χ0v) is 15.3. The zero-order chi connectivity index (χ0) is 17.9. The number of benzene rings is 1. The van der Waals surface area contributed by atoms with Crippen LogP contribution in [-0.2, 0) is 16.6 Å². The van der Waals surface area contributed by atoms with Crippen LogP contribution in [0.1, 0.15) is 30.7 Å². The molecular formula is C18H21ClN2O3. The summed E-state index contributed by atoms with van der Waals surface area (Å²) in [5.41, 5.74) is 3.17. The summed E-state index contributed by atoms with van der Waals surface area (Å²) in [6, 6.07) is 5.34. The Bertz CT molecular complexity index is 794. The average Bonchev–Trinajstić information content (AvgIpc) is 2.77. The van der Waals surface area contributed by atoms with Gasteiger partial charge in [0.15, 0.2) is 0 Å². The zero-order valence-electron chi connectivity index (χ0n) is 14.5. The standard InChI is InChI=1S/C18H21ClN2O3/c1-6-23-18(22)11(2)9-14-7-8-15(19)16(10-14)24-17-12(3)13(4)20-21(17)5/h7-10H,6H2,1-5H3/b11-9+. The van der Waals surface area contributed by atoms with Crippen LogP contribution in [0, 0.1) is 13.8 Å². The Morgan fingerprint density at radius 3 is 2.67 bits per heavy atom. The molecule has 0 fully saturated rings. The third kappa shape index (κ3) is 3.97. The number of nitrogens with zero attached hydrogens (tertiary/aromatic N) is 2. The van der Waals surface area contributed by atoms with Crippen molar-refractivity contribution < 1.29 is 14.3 Å². The lowest BCUT2D eigenvalue weighted by Gasteiger charge is -2.10. The normalized spacial score (nSPS) is 11.5. The van der Waals surface area contributed by atoms with E-state index < -0.39 is 0 Å². The minimum atomic E-state index is -0.340. The molecule has 6 heteroatoms. The van der Waals surface area contributed by atoms with Gasteiger partial charge in [-0.15, -0.1) is 0 Å². The summed E-state index contributed by atoms with van der Waals surface area (Å²) in [5, 5.41) is 4.81. The third-order valence-electron chi connectivity index (χ3n) is 3.60. The van der Waals surface area contributed by atoms with Crippen LogP contribution in [0.15, 0.2) is 23.8 Å². The van der Waals surface area contributed by atoms with Crippen LogP contribution in [0.3, 0.4) is 0 Å². The Morgan fingerprint density at radius 1 is 1.38 bits per heavy atom. The van der Waals surface area contributed by atoms with Gasteiger partial charge in [-0.1, -0.05) is 17.7 Å². The van der Waals surface area contributed by atoms with Gasteiger partial charge in [0.2, 0.25) is 5.88 Å². The van der Waals surface area contributed by atoms with Crippen molar-refractivity contribution in [1.29, 1.82) is 0 Å². The highest BCUT2D eigenvalue weighted by Crippen LogP contribution is 2.33. The highest BCUT2D eigenvalue weighted by atomic mass is 35.5. The van der Waals surface area contributed by atoms with Crippen molar-refractivity contribution in [1.82, 2.24) is 9.78 Å². The molecule has 2 aromatic rings. The first-order valence-corrected chi connectivity index (χ1v) is 8.04. The molecule has 0 saturated carbocycles. The maximum absolute atomic E-state index is 11.7. The van der Waals surface area contributed by atoms with E-state index in [1.54, 1.807) is 36.7 Å². The van der Waals surface area contributed by atoms with Gasteiger partial charge in [0.1, 0.15) is 5.75 Å². The van der Waals surface area contributed by atoms with Gasteiger partial charge < -0.3 is 9.47 Å². The van der Waals surface area contributed by atoms with Crippen LogP contribution in [0.25, 0.3) is 6.08 Å². The monoisotopic (exact) mass is 348 g/mol. The predicted octanol–water partition coefficient (Wildman–Crippen LogP) is 4.45. The molecule has 24 heavy (non-hydrogen) atoms. The number of rotatable bonds is 5. The Hall–Kier alpha value is -2.27. The van der Waals surface area contributed by atoms with E-state index in [1.807, 2.05) is 27.0 Å². The van der Waals surface area contributed by atoms with E-state index in [2.05, 4.69) is 5.10 Å². The van der Waals surface area contributed by atoms with Gasteiger partial charge in [-0.25, -0.2) is 9.48 Å². The van der Waals surface area contributed by atoms with Crippen molar-refractivity contribution >= 4 is 23.6 Å². The van der Waals surface area contributed by atoms with Gasteiger partial charge in [-0.3, -0.25) is 0 Å². The minimum absolute atomic E-state index is 0.340. The van der Waals surface area contributed by atoms with Crippen LogP contribution in [0.4, 0.5) is 0 Å². The van der Waals surface area contributed by atoms with E-state index in [4.69, 9.17) is 21.1 Å². The van der Waals surface area contributed by atoms with Gasteiger partial charge in [0.25, 0.3) is 0 Å². The fourth-order valence-electron chi connectivity index (χ4n) is 2.23. The van der Waals surface area contributed by atoms with Crippen molar-refractivity contribution in [3.8, 4) is 11.6 Å². The topological polar surface area (TPSA) is 53.4 Å². The molecule has 0 amide bonds. The molecule has 1 aromatic heterocycles. The largest absolute Gasteiger partial charge is 0.463 e. The van der Waals surface area contributed by atoms with E-state index >= 15 is 0 Å². The summed E-state index contributed by atoms with van der Waals surface area (Å²) in [7, 11) is 1.82. The summed E-state index contributed by atoms with van der Waals surface area (Å²) in [4.78, 5) is 11.7. The summed E-state index contributed by atoms with van der Waals surface area (Å²) in [6.07, 6.45) is 1.74. The highest BCUT2D eigenvalue weighted by molar-refractivity contribution is 6.32. The molecule has 1 heterocycles. The smallest absolute Gasteiger partial charge is 0.333 e. The van der Waals surface area contributed by atoms with E-state index in [0.717, 1.165) is 16.8 Å². The Kier molecular flexibility index (Phi) is 5.67. The summed E-state index contributed by atoms with van der Waals surface area (Å²) >= 11 is 6.24. The highest BCUT2D eigenvalue weighted by Gasteiger charge is 2.13. The maximum atomic E-state index is 11.7. The quantitative estimate of drug-likeness (QED) is 0.591. The first-order valence-electron chi connectivity index (χ1n) is 7.66. The molecule has 5 nitrogen and oxygen atoms in total. The van der Waals surface area contributed by atoms with Crippen molar-refractivity contribution in [3.63, 3.8) is 0 Å². The number of esters is 1. The van der Waals surface area contributed by atoms with Crippen LogP contribution >= 0.6 is 11.6 Å². The molecule has 0 N–H and O–H groups in total. The number of aryl methyl sites for hydroxylation is 2. The van der Waals surface area contributed by atoms with Crippen LogP contribution in [0.2, 0.25) is 5.02 Å². The molecule has 0 radical (unpaired) electrons. The van der Waals surface area contributed by atoms with Crippen molar-refractivity contribution in [3.05, 3.63) is 45.6 Å². The van der Waals surface area contributed by atoms with Crippen LogP contribution in [0.5, 0.6) is 11.6 Å². The Balaban J connectivity index is 2.32. The Morgan fingerprint density at radius 2 is 2.08 bits per heavy atom. The fourth-order valence-corrected chi connectivity index (χ4v) is 2.39. The second-order valence-corrected chi connectivity index (χ2v) is 5.89. The number of carbonyl (C=O) groups is 1. The number of halogens is 1. The van der Waals surface area contributed by atoms with Crippen molar-refractivity contribution in [2.75, 3.05) is 6.61 Å². The molecule has 0 unspecified atom stereocenters.